The van der Waals surface area contributed by atoms with Crippen LogP contribution in [-0.4, -0.2) is 16.4 Å². The average molecular weight is 333 g/mol. The van der Waals surface area contributed by atoms with Crippen molar-refractivity contribution < 1.29 is 4.79 Å². The molecule has 1 fully saturated rings. The minimum atomic E-state index is -0.689. The number of hydrogen-bond donors (Lipinski definition) is 2. The number of aromatic nitrogens is 1. The van der Waals surface area contributed by atoms with Gasteiger partial charge in [0.15, 0.2) is 4.34 Å². The van der Waals surface area contributed by atoms with Crippen molar-refractivity contribution in [2.75, 3.05) is 5.32 Å². The summed E-state index contributed by atoms with van der Waals surface area (Å²) in [7, 11) is 0. The summed E-state index contributed by atoms with van der Waals surface area (Å²) in [5.74, 6) is -0.0686. The summed E-state index contributed by atoms with van der Waals surface area (Å²) in [4.78, 5) is 17.8. The van der Waals surface area contributed by atoms with Crippen LogP contribution in [0.1, 0.15) is 31.4 Å². The van der Waals surface area contributed by atoms with Gasteiger partial charge in [0, 0.05) is 21.7 Å². The summed E-state index contributed by atoms with van der Waals surface area (Å²) in [5.41, 5.74) is 7.31. The van der Waals surface area contributed by atoms with Crippen molar-refractivity contribution in [3.8, 4) is 0 Å². The highest BCUT2D eigenvalue weighted by Gasteiger charge is 2.36. The smallest absolute Gasteiger partial charge is 0.244 e. The van der Waals surface area contributed by atoms with E-state index in [1.807, 2.05) is 36.6 Å². The summed E-state index contributed by atoms with van der Waals surface area (Å²) >= 11 is 3.27. The third-order valence-electron chi connectivity index (χ3n) is 3.86. The fourth-order valence-electron chi connectivity index (χ4n) is 2.57. The lowest BCUT2D eigenvalue weighted by atomic mass is 9.98. The molecule has 4 nitrogen and oxygen atoms in total. The molecule has 2 aromatic rings. The van der Waals surface area contributed by atoms with Gasteiger partial charge in [-0.15, -0.1) is 11.3 Å². The predicted molar refractivity (Wildman–Crippen MR) is 91.4 cm³/mol. The molecule has 116 valence electrons. The zero-order valence-corrected chi connectivity index (χ0v) is 14.1. The van der Waals surface area contributed by atoms with Crippen molar-refractivity contribution in [3.63, 3.8) is 0 Å². The Balaban J connectivity index is 1.63. The second-order valence-electron chi connectivity index (χ2n) is 5.70. The zero-order valence-electron chi connectivity index (χ0n) is 12.5. The standard InChI is InChI=1S/C16H19N3OS2/c1-11-10-21-15(18-11)22-13-6-4-12(5-7-13)19-14(20)16(17)8-2-3-9-16/h4-7,10H,2-3,8-9,17H2,1H3,(H,19,20). The molecule has 1 amide bonds. The molecular weight excluding hydrogens is 314 g/mol. The minimum Gasteiger partial charge on any atom is -0.324 e. The van der Waals surface area contributed by atoms with Crippen LogP contribution in [0, 0.1) is 6.92 Å². The van der Waals surface area contributed by atoms with E-state index >= 15 is 0 Å². The molecule has 0 radical (unpaired) electrons. The van der Waals surface area contributed by atoms with Crippen LogP contribution in [0.5, 0.6) is 0 Å². The molecule has 0 bridgehead atoms. The first kappa shape index (κ1) is 15.5. The fraction of sp³-hybridized carbons (Fsp3) is 0.375. The first-order valence-corrected chi connectivity index (χ1v) is 9.05. The lowest BCUT2D eigenvalue weighted by Gasteiger charge is -2.22. The van der Waals surface area contributed by atoms with Crippen LogP contribution in [0.15, 0.2) is 38.9 Å². The lowest BCUT2D eigenvalue weighted by molar-refractivity contribution is -0.121. The van der Waals surface area contributed by atoms with E-state index in [4.69, 9.17) is 5.73 Å². The molecule has 1 heterocycles. The van der Waals surface area contributed by atoms with Crippen molar-refractivity contribution in [2.45, 2.75) is 47.4 Å². The number of carbonyl (C=O) groups excluding carboxylic acids is 1. The summed E-state index contributed by atoms with van der Waals surface area (Å²) in [6.07, 6.45) is 3.62. The Labute approximate surface area is 138 Å². The van der Waals surface area contributed by atoms with Gasteiger partial charge < -0.3 is 11.1 Å². The van der Waals surface area contributed by atoms with E-state index in [0.717, 1.165) is 46.3 Å². The number of rotatable bonds is 4. The molecule has 0 aliphatic heterocycles. The Morgan fingerprint density at radius 1 is 1.32 bits per heavy atom. The SMILES string of the molecule is Cc1csc(Sc2ccc(NC(=O)C3(N)CCCC3)cc2)n1. The molecule has 0 spiro atoms. The van der Waals surface area contributed by atoms with Gasteiger partial charge in [-0.3, -0.25) is 4.79 Å². The number of nitrogens with one attached hydrogen (secondary N) is 1. The molecule has 3 N–H and O–H groups in total. The average Bonchev–Trinajstić information content (AvgIpc) is 3.11. The number of benzene rings is 1. The van der Waals surface area contributed by atoms with Crippen molar-refractivity contribution in [1.82, 2.24) is 4.98 Å². The lowest BCUT2D eigenvalue weighted by Crippen LogP contribution is -2.48. The highest BCUT2D eigenvalue weighted by molar-refractivity contribution is 8.01. The van der Waals surface area contributed by atoms with Crippen LogP contribution in [-0.2, 0) is 4.79 Å². The number of carbonyl (C=O) groups is 1. The molecule has 0 unspecified atom stereocenters. The predicted octanol–water partition coefficient (Wildman–Crippen LogP) is 3.81. The van der Waals surface area contributed by atoms with Gasteiger partial charge in [-0.2, -0.15) is 0 Å². The summed E-state index contributed by atoms with van der Waals surface area (Å²) in [6, 6.07) is 7.82. The molecule has 6 heteroatoms. The number of thiazole rings is 1. The van der Waals surface area contributed by atoms with E-state index in [0.29, 0.717) is 0 Å². The van der Waals surface area contributed by atoms with E-state index in [2.05, 4.69) is 10.3 Å². The number of nitrogens with zero attached hydrogens (tertiary/aromatic N) is 1. The molecule has 0 atom stereocenters. The van der Waals surface area contributed by atoms with Crippen LogP contribution < -0.4 is 11.1 Å². The molecule has 1 aliphatic rings. The van der Waals surface area contributed by atoms with Crippen LogP contribution in [0.25, 0.3) is 0 Å². The second-order valence-corrected chi connectivity index (χ2v) is 7.88. The molecule has 0 saturated heterocycles. The zero-order chi connectivity index (χ0) is 15.6. The maximum Gasteiger partial charge on any atom is 0.244 e. The van der Waals surface area contributed by atoms with E-state index in [1.165, 1.54) is 0 Å². The monoisotopic (exact) mass is 333 g/mol. The highest BCUT2D eigenvalue weighted by Crippen LogP contribution is 2.32. The van der Waals surface area contributed by atoms with Crippen molar-refractivity contribution in [1.29, 1.82) is 0 Å². The van der Waals surface area contributed by atoms with Crippen molar-refractivity contribution >= 4 is 34.7 Å². The van der Waals surface area contributed by atoms with Crippen molar-refractivity contribution in [3.05, 3.63) is 35.3 Å². The summed E-state index contributed by atoms with van der Waals surface area (Å²) < 4.78 is 1.03. The van der Waals surface area contributed by atoms with Gasteiger partial charge in [0.05, 0.1) is 5.54 Å². The summed E-state index contributed by atoms with van der Waals surface area (Å²) in [6.45, 7) is 1.99. The molecular formula is C16H19N3OS2. The Bertz CT molecular complexity index is 660. The van der Waals surface area contributed by atoms with Crippen LogP contribution in [0.4, 0.5) is 5.69 Å². The molecule has 1 aliphatic carbocycles. The number of amides is 1. The minimum absolute atomic E-state index is 0.0686. The molecule has 1 saturated carbocycles. The normalized spacial score (nSPS) is 16.6. The Morgan fingerprint density at radius 2 is 2.00 bits per heavy atom. The maximum atomic E-state index is 12.3. The molecule has 3 rings (SSSR count). The fourth-order valence-corrected chi connectivity index (χ4v) is 4.38. The topological polar surface area (TPSA) is 68.0 Å². The number of aryl methyl sites for hydroxylation is 1. The van der Waals surface area contributed by atoms with Crippen LogP contribution in [0.3, 0.4) is 0 Å². The van der Waals surface area contributed by atoms with Crippen molar-refractivity contribution in [2.24, 2.45) is 5.73 Å². The second kappa shape index (κ2) is 6.40. The third-order valence-corrected chi connectivity index (χ3v) is 5.93. The largest absolute Gasteiger partial charge is 0.324 e. The van der Waals surface area contributed by atoms with Gasteiger partial charge in [-0.05, 0) is 44.0 Å². The first-order chi connectivity index (χ1) is 10.5. The van der Waals surface area contributed by atoms with Gasteiger partial charge in [0.2, 0.25) is 5.91 Å². The third kappa shape index (κ3) is 3.51. The Morgan fingerprint density at radius 3 is 2.59 bits per heavy atom. The van der Waals surface area contributed by atoms with Gasteiger partial charge in [-0.1, -0.05) is 24.6 Å². The number of nitrogens with two attached hydrogens (primary N) is 1. The number of anilines is 1. The van der Waals surface area contributed by atoms with Crippen LogP contribution in [0.2, 0.25) is 0 Å². The summed E-state index contributed by atoms with van der Waals surface area (Å²) in [5, 5.41) is 4.97. The van der Waals surface area contributed by atoms with Gasteiger partial charge in [0.1, 0.15) is 0 Å². The molecule has 1 aromatic heterocycles. The van der Waals surface area contributed by atoms with E-state index in [9.17, 15) is 4.79 Å². The van der Waals surface area contributed by atoms with E-state index in [1.54, 1.807) is 23.1 Å². The van der Waals surface area contributed by atoms with E-state index < -0.39 is 5.54 Å². The molecule has 22 heavy (non-hydrogen) atoms. The Kier molecular flexibility index (Phi) is 4.52. The van der Waals surface area contributed by atoms with Gasteiger partial charge in [0.25, 0.3) is 0 Å². The van der Waals surface area contributed by atoms with Gasteiger partial charge in [-0.25, -0.2) is 4.98 Å². The Hall–Kier alpha value is -1.37. The highest BCUT2D eigenvalue weighted by atomic mass is 32.2. The first-order valence-electron chi connectivity index (χ1n) is 7.36. The molecule has 1 aromatic carbocycles. The van der Waals surface area contributed by atoms with Crippen LogP contribution >= 0.6 is 23.1 Å². The van der Waals surface area contributed by atoms with Gasteiger partial charge >= 0.3 is 0 Å². The quantitative estimate of drug-likeness (QED) is 0.893. The van der Waals surface area contributed by atoms with E-state index in [-0.39, 0.29) is 5.91 Å². The number of hydrogen-bond acceptors (Lipinski definition) is 5. The maximum absolute atomic E-state index is 12.3.